The summed E-state index contributed by atoms with van der Waals surface area (Å²) >= 11 is 5.44. The molecule has 0 saturated carbocycles. The van der Waals surface area contributed by atoms with Crippen molar-refractivity contribution in [3.05, 3.63) is 56.7 Å². The molecule has 0 saturated heterocycles. The molecule has 0 fully saturated rings. The van der Waals surface area contributed by atoms with Gasteiger partial charge in [0.2, 0.25) is 0 Å². The van der Waals surface area contributed by atoms with E-state index in [0.29, 0.717) is 6.04 Å². The third-order valence-electron chi connectivity index (χ3n) is 3.46. The van der Waals surface area contributed by atoms with Crippen LogP contribution in [0.3, 0.4) is 0 Å². The van der Waals surface area contributed by atoms with Crippen molar-refractivity contribution in [1.29, 1.82) is 0 Å². The van der Waals surface area contributed by atoms with Crippen molar-refractivity contribution in [3.63, 3.8) is 0 Å². The summed E-state index contributed by atoms with van der Waals surface area (Å²) in [5.41, 5.74) is 2.85. The van der Waals surface area contributed by atoms with Crippen molar-refractivity contribution < 1.29 is 0 Å². The van der Waals surface area contributed by atoms with E-state index in [2.05, 4.69) is 69.3 Å². The van der Waals surface area contributed by atoms with Gasteiger partial charge in [-0.2, -0.15) is 11.3 Å². The number of aryl methyl sites for hydroxylation is 1. The van der Waals surface area contributed by atoms with Gasteiger partial charge >= 0.3 is 0 Å². The Morgan fingerprint density at radius 2 is 2.00 bits per heavy atom. The van der Waals surface area contributed by atoms with E-state index in [1.54, 1.807) is 11.3 Å². The lowest BCUT2D eigenvalue weighted by Gasteiger charge is -2.18. The first-order valence-electron chi connectivity index (χ1n) is 7.30. The molecular weight excluding hydrogens is 330 g/mol. The van der Waals surface area contributed by atoms with Crippen LogP contribution in [0.1, 0.15) is 43.4 Å². The number of halogens is 1. The normalized spacial score (nSPS) is 12.5. The molecule has 0 aliphatic carbocycles. The highest BCUT2D eigenvalue weighted by Gasteiger charge is 2.14. The molecule has 0 radical (unpaired) electrons. The zero-order valence-electron chi connectivity index (χ0n) is 11.9. The summed E-state index contributed by atoms with van der Waals surface area (Å²) < 4.78 is 1.25. The van der Waals surface area contributed by atoms with Gasteiger partial charge < -0.3 is 5.32 Å². The lowest BCUT2D eigenvalue weighted by atomic mass is 10.0. The molecule has 0 bridgehead atoms. The molecule has 1 unspecified atom stereocenters. The molecule has 1 nitrogen and oxygen atoms in total. The molecule has 0 aliphatic heterocycles. The second-order valence-electron chi connectivity index (χ2n) is 5.06. The van der Waals surface area contributed by atoms with E-state index in [9.17, 15) is 0 Å². The number of rotatable bonds is 8. The minimum Gasteiger partial charge on any atom is -0.310 e. The molecule has 0 spiro atoms. The number of thiophene rings is 1. The third-order valence-corrected chi connectivity index (χ3v) is 5.21. The Bertz CT molecular complexity index is 495. The summed E-state index contributed by atoms with van der Waals surface area (Å²) in [6, 6.07) is 11.2. The molecule has 3 heteroatoms. The summed E-state index contributed by atoms with van der Waals surface area (Å²) in [5, 5.41) is 8.11. The largest absolute Gasteiger partial charge is 0.310 e. The van der Waals surface area contributed by atoms with Gasteiger partial charge in [-0.25, -0.2) is 0 Å². The average molecular weight is 352 g/mol. The van der Waals surface area contributed by atoms with Crippen molar-refractivity contribution in [2.24, 2.45) is 0 Å². The highest BCUT2D eigenvalue weighted by atomic mass is 79.9. The maximum Gasteiger partial charge on any atom is 0.0339 e. The maximum atomic E-state index is 3.68. The molecule has 1 heterocycles. The Kier molecular flexibility index (Phi) is 6.77. The van der Waals surface area contributed by atoms with Gasteiger partial charge in [-0.05, 0) is 64.7 Å². The van der Waals surface area contributed by atoms with Crippen LogP contribution in [0.2, 0.25) is 0 Å². The van der Waals surface area contributed by atoms with E-state index in [4.69, 9.17) is 0 Å². The summed E-state index contributed by atoms with van der Waals surface area (Å²) in [4.78, 5) is 0. The minimum atomic E-state index is 0.472. The zero-order chi connectivity index (χ0) is 14.2. The van der Waals surface area contributed by atoms with Crippen molar-refractivity contribution in [2.45, 2.75) is 38.6 Å². The van der Waals surface area contributed by atoms with Crippen LogP contribution in [0.5, 0.6) is 0 Å². The summed E-state index contributed by atoms with van der Waals surface area (Å²) in [7, 11) is 0. The molecule has 0 amide bonds. The van der Waals surface area contributed by atoms with Crippen molar-refractivity contribution in [1.82, 2.24) is 5.32 Å². The van der Waals surface area contributed by atoms with Crippen molar-refractivity contribution in [2.75, 3.05) is 6.54 Å². The van der Waals surface area contributed by atoms with E-state index in [1.807, 2.05) is 0 Å². The first kappa shape index (κ1) is 15.7. The Morgan fingerprint density at radius 1 is 1.20 bits per heavy atom. The zero-order valence-corrected chi connectivity index (χ0v) is 14.3. The second kappa shape index (κ2) is 8.60. The smallest absolute Gasteiger partial charge is 0.0339 e. The van der Waals surface area contributed by atoms with Crippen LogP contribution < -0.4 is 5.32 Å². The van der Waals surface area contributed by atoms with E-state index < -0.39 is 0 Å². The fourth-order valence-corrected chi connectivity index (χ4v) is 4.01. The standard InChI is InChI=1S/C17H22BrNS/c1-2-11-19-17(15-12-20-13-16(15)18)10-6-9-14-7-4-3-5-8-14/h3-5,7-8,12-13,17,19H,2,6,9-11H2,1H3. The fraction of sp³-hybridized carbons (Fsp3) is 0.412. The predicted octanol–water partition coefficient (Wildman–Crippen LogP) is 5.57. The van der Waals surface area contributed by atoms with E-state index in [1.165, 1.54) is 34.9 Å². The predicted molar refractivity (Wildman–Crippen MR) is 92.4 cm³/mol. The van der Waals surface area contributed by atoms with Gasteiger partial charge in [0.15, 0.2) is 0 Å². The highest BCUT2D eigenvalue weighted by molar-refractivity contribution is 9.10. The first-order valence-corrected chi connectivity index (χ1v) is 9.03. The van der Waals surface area contributed by atoms with Gasteiger partial charge in [0, 0.05) is 15.9 Å². The van der Waals surface area contributed by atoms with Gasteiger partial charge in [0.1, 0.15) is 0 Å². The van der Waals surface area contributed by atoms with Crippen LogP contribution in [0.4, 0.5) is 0 Å². The molecule has 1 aromatic heterocycles. The van der Waals surface area contributed by atoms with Crippen LogP contribution >= 0.6 is 27.3 Å². The Hall–Kier alpha value is -0.640. The quantitative estimate of drug-likeness (QED) is 0.654. The molecule has 1 N–H and O–H groups in total. The van der Waals surface area contributed by atoms with Crippen molar-refractivity contribution >= 4 is 27.3 Å². The minimum absolute atomic E-state index is 0.472. The van der Waals surface area contributed by atoms with Gasteiger partial charge in [-0.15, -0.1) is 0 Å². The third kappa shape index (κ3) is 4.72. The fourth-order valence-electron chi connectivity index (χ4n) is 2.38. The molecule has 2 aromatic rings. The first-order chi connectivity index (χ1) is 9.81. The van der Waals surface area contributed by atoms with Crippen LogP contribution in [-0.4, -0.2) is 6.54 Å². The van der Waals surface area contributed by atoms with E-state index >= 15 is 0 Å². The average Bonchev–Trinajstić information content (AvgIpc) is 2.90. The lowest BCUT2D eigenvalue weighted by Crippen LogP contribution is -2.22. The topological polar surface area (TPSA) is 12.0 Å². The van der Waals surface area contributed by atoms with Gasteiger partial charge in [-0.3, -0.25) is 0 Å². The number of nitrogens with one attached hydrogen (secondary N) is 1. The molecule has 1 atom stereocenters. The van der Waals surface area contributed by atoms with Crippen LogP contribution in [0, 0.1) is 0 Å². The van der Waals surface area contributed by atoms with Crippen LogP contribution in [-0.2, 0) is 6.42 Å². The summed E-state index contributed by atoms with van der Waals surface area (Å²) in [6.07, 6.45) is 4.74. The molecule has 2 rings (SSSR count). The second-order valence-corrected chi connectivity index (χ2v) is 6.66. The summed E-state index contributed by atoms with van der Waals surface area (Å²) in [5.74, 6) is 0. The van der Waals surface area contributed by atoms with Gasteiger partial charge in [0.25, 0.3) is 0 Å². The number of hydrogen-bond acceptors (Lipinski definition) is 2. The molecule has 1 aromatic carbocycles. The van der Waals surface area contributed by atoms with Crippen LogP contribution in [0.15, 0.2) is 45.6 Å². The maximum absolute atomic E-state index is 3.68. The summed E-state index contributed by atoms with van der Waals surface area (Å²) in [6.45, 7) is 3.30. The Labute approximate surface area is 134 Å². The number of benzene rings is 1. The molecule has 0 aliphatic rings. The molecule has 20 heavy (non-hydrogen) atoms. The van der Waals surface area contributed by atoms with Crippen LogP contribution in [0.25, 0.3) is 0 Å². The van der Waals surface area contributed by atoms with Gasteiger partial charge in [0.05, 0.1) is 0 Å². The van der Waals surface area contributed by atoms with E-state index in [0.717, 1.165) is 13.0 Å². The highest BCUT2D eigenvalue weighted by Crippen LogP contribution is 2.30. The SMILES string of the molecule is CCCNC(CCCc1ccccc1)c1cscc1Br. The molecule has 108 valence electrons. The van der Waals surface area contributed by atoms with Gasteiger partial charge in [-0.1, -0.05) is 37.3 Å². The number of hydrogen-bond donors (Lipinski definition) is 1. The van der Waals surface area contributed by atoms with E-state index in [-0.39, 0.29) is 0 Å². The molecular formula is C17H22BrNS. The Morgan fingerprint density at radius 3 is 2.65 bits per heavy atom. The monoisotopic (exact) mass is 351 g/mol. The van der Waals surface area contributed by atoms with Crippen molar-refractivity contribution in [3.8, 4) is 0 Å². The Balaban J connectivity index is 1.89. The lowest BCUT2D eigenvalue weighted by molar-refractivity contribution is 0.484.